The van der Waals surface area contributed by atoms with Crippen molar-refractivity contribution < 1.29 is 9.32 Å². The molecule has 1 aliphatic heterocycles. The van der Waals surface area contributed by atoms with Crippen LogP contribution in [-0.2, 0) is 6.42 Å². The number of amides is 1. The molecule has 0 aliphatic carbocycles. The predicted molar refractivity (Wildman–Crippen MR) is 91.1 cm³/mol. The van der Waals surface area contributed by atoms with Crippen LogP contribution < -0.4 is 0 Å². The van der Waals surface area contributed by atoms with Gasteiger partial charge >= 0.3 is 0 Å². The molecule has 4 rings (SSSR count). The molecular formula is C18H17N3O2S. The van der Waals surface area contributed by atoms with E-state index in [1.807, 2.05) is 46.7 Å². The molecule has 1 fully saturated rings. The lowest BCUT2D eigenvalue weighted by Crippen LogP contribution is -2.28. The van der Waals surface area contributed by atoms with Crippen LogP contribution >= 0.6 is 11.3 Å². The predicted octanol–water partition coefficient (Wildman–Crippen LogP) is 3.35. The molecule has 122 valence electrons. The second-order valence-electron chi connectivity index (χ2n) is 5.91. The van der Waals surface area contributed by atoms with Gasteiger partial charge in [0.25, 0.3) is 5.91 Å². The number of benzene rings is 1. The van der Waals surface area contributed by atoms with E-state index >= 15 is 0 Å². The minimum Gasteiger partial charge on any atom is -0.339 e. The summed E-state index contributed by atoms with van der Waals surface area (Å²) in [6, 6.07) is 13.5. The van der Waals surface area contributed by atoms with Crippen molar-refractivity contribution in [2.45, 2.75) is 18.8 Å². The van der Waals surface area contributed by atoms with Crippen molar-refractivity contribution in [1.29, 1.82) is 0 Å². The van der Waals surface area contributed by atoms with E-state index < -0.39 is 0 Å². The van der Waals surface area contributed by atoms with Crippen LogP contribution in [0.1, 0.15) is 39.3 Å². The van der Waals surface area contributed by atoms with Crippen molar-refractivity contribution in [3.63, 3.8) is 0 Å². The Balaban J connectivity index is 1.42. The molecule has 2 aromatic heterocycles. The van der Waals surface area contributed by atoms with Gasteiger partial charge in [-0.25, -0.2) is 0 Å². The molecule has 0 unspecified atom stereocenters. The van der Waals surface area contributed by atoms with Crippen LogP contribution in [0, 0.1) is 0 Å². The Morgan fingerprint density at radius 2 is 2.12 bits per heavy atom. The molecule has 0 radical (unpaired) electrons. The Labute approximate surface area is 143 Å². The first-order valence-corrected chi connectivity index (χ1v) is 8.87. The molecule has 0 saturated carbocycles. The summed E-state index contributed by atoms with van der Waals surface area (Å²) in [4.78, 5) is 20.1. The van der Waals surface area contributed by atoms with Gasteiger partial charge in [-0.05, 0) is 30.0 Å². The summed E-state index contributed by atoms with van der Waals surface area (Å²) in [6.07, 6.45) is 1.56. The summed E-state index contributed by atoms with van der Waals surface area (Å²) < 4.78 is 5.44. The largest absolute Gasteiger partial charge is 0.339 e. The SMILES string of the molecule is O=C(c1ccccc1)N1CC[C@H](c2nc(Cc3cccs3)no2)C1. The molecule has 5 nitrogen and oxygen atoms in total. The van der Waals surface area contributed by atoms with Crippen molar-refractivity contribution in [3.05, 3.63) is 70.0 Å². The highest BCUT2D eigenvalue weighted by atomic mass is 32.1. The molecule has 1 amide bonds. The Kier molecular flexibility index (Phi) is 4.13. The van der Waals surface area contributed by atoms with Crippen LogP contribution in [0.4, 0.5) is 0 Å². The second-order valence-corrected chi connectivity index (χ2v) is 6.94. The Morgan fingerprint density at radius 1 is 1.25 bits per heavy atom. The van der Waals surface area contributed by atoms with Crippen LogP contribution in [0.25, 0.3) is 0 Å². The van der Waals surface area contributed by atoms with Gasteiger partial charge in [-0.3, -0.25) is 4.79 Å². The van der Waals surface area contributed by atoms with E-state index in [2.05, 4.69) is 16.2 Å². The number of carbonyl (C=O) groups excluding carboxylic acids is 1. The van der Waals surface area contributed by atoms with E-state index in [1.54, 1.807) is 11.3 Å². The highest BCUT2D eigenvalue weighted by Crippen LogP contribution is 2.27. The topological polar surface area (TPSA) is 59.2 Å². The number of thiophene rings is 1. The molecule has 0 bridgehead atoms. The van der Waals surface area contributed by atoms with Gasteiger partial charge in [-0.15, -0.1) is 11.3 Å². The first-order chi connectivity index (χ1) is 11.8. The van der Waals surface area contributed by atoms with E-state index in [0.29, 0.717) is 24.7 Å². The molecule has 0 spiro atoms. The highest BCUT2D eigenvalue weighted by molar-refractivity contribution is 7.09. The first kappa shape index (κ1) is 15.1. The lowest BCUT2D eigenvalue weighted by molar-refractivity contribution is 0.0789. The quantitative estimate of drug-likeness (QED) is 0.731. The van der Waals surface area contributed by atoms with E-state index in [0.717, 1.165) is 18.5 Å². The molecule has 24 heavy (non-hydrogen) atoms. The third-order valence-electron chi connectivity index (χ3n) is 4.24. The normalized spacial score (nSPS) is 17.3. The van der Waals surface area contributed by atoms with Gasteiger partial charge in [0.05, 0.1) is 5.92 Å². The van der Waals surface area contributed by atoms with Gasteiger partial charge in [0.15, 0.2) is 5.82 Å². The summed E-state index contributed by atoms with van der Waals surface area (Å²) in [6.45, 7) is 1.36. The van der Waals surface area contributed by atoms with E-state index in [1.165, 1.54) is 4.88 Å². The maximum Gasteiger partial charge on any atom is 0.253 e. The Bertz CT molecular complexity index is 814. The fraction of sp³-hybridized carbons (Fsp3) is 0.278. The number of rotatable bonds is 4. The number of nitrogens with zero attached hydrogens (tertiary/aromatic N) is 3. The molecule has 3 heterocycles. The maximum atomic E-state index is 12.5. The summed E-state index contributed by atoms with van der Waals surface area (Å²) in [7, 11) is 0. The minimum absolute atomic E-state index is 0.0661. The number of hydrogen-bond acceptors (Lipinski definition) is 5. The number of likely N-dealkylation sites (tertiary alicyclic amines) is 1. The fourth-order valence-electron chi connectivity index (χ4n) is 2.98. The van der Waals surface area contributed by atoms with Gasteiger partial charge in [0, 0.05) is 30.0 Å². The van der Waals surface area contributed by atoms with E-state index in [4.69, 9.17) is 4.52 Å². The van der Waals surface area contributed by atoms with Crippen LogP contribution in [0.5, 0.6) is 0 Å². The summed E-state index contributed by atoms with van der Waals surface area (Å²) in [5.41, 5.74) is 0.724. The molecule has 0 N–H and O–H groups in total. The summed E-state index contributed by atoms with van der Waals surface area (Å²) in [5.74, 6) is 1.55. The minimum atomic E-state index is 0.0661. The lowest BCUT2D eigenvalue weighted by Gasteiger charge is -2.15. The smallest absolute Gasteiger partial charge is 0.253 e. The van der Waals surface area contributed by atoms with Crippen LogP contribution in [-0.4, -0.2) is 34.0 Å². The average molecular weight is 339 g/mol. The Hall–Kier alpha value is -2.47. The second kappa shape index (κ2) is 6.57. The molecule has 1 aliphatic rings. The van der Waals surface area contributed by atoms with Gasteiger partial charge < -0.3 is 9.42 Å². The third kappa shape index (κ3) is 3.10. The van der Waals surface area contributed by atoms with Gasteiger partial charge in [0.1, 0.15) is 0 Å². The lowest BCUT2D eigenvalue weighted by atomic mass is 10.1. The van der Waals surface area contributed by atoms with E-state index in [9.17, 15) is 4.79 Å². The molecule has 6 heteroatoms. The average Bonchev–Trinajstić information content (AvgIpc) is 3.37. The van der Waals surface area contributed by atoms with Crippen LogP contribution in [0.3, 0.4) is 0 Å². The zero-order valence-corrected chi connectivity index (χ0v) is 13.9. The molecule has 3 aromatic rings. The molecular weight excluding hydrogens is 322 g/mol. The van der Waals surface area contributed by atoms with Crippen LogP contribution in [0.2, 0.25) is 0 Å². The zero-order chi connectivity index (χ0) is 16.4. The monoisotopic (exact) mass is 339 g/mol. The summed E-state index contributed by atoms with van der Waals surface area (Å²) >= 11 is 1.69. The fourth-order valence-corrected chi connectivity index (χ4v) is 3.69. The Morgan fingerprint density at radius 3 is 2.92 bits per heavy atom. The van der Waals surface area contributed by atoms with Crippen molar-refractivity contribution >= 4 is 17.2 Å². The maximum absolute atomic E-state index is 12.5. The van der Waals surface area contributed by atoms with Crippen molar-refractivity contribution in [2.24, 2.45) is 0 Å². The van der Waals surface area contributed by atoms with Crippen molar-refractivity contribution in [3.8, 4) is 0 Å². The highest BCUT2D eigenvalue weighted by Gasteiger charge is 2.31. The van der Waals surface area contributed by atoms with Crippen LogP contribution in [0.15, 0.2) is 52.4 Å². The number of hydrogen-bond donors (Lipinski definition) is 0. The summed E-state index contributed by atoms with van der Waals surface area (Å²) in [5, 5.41) is 6.12. The number of aromatic nitrogens is 2. The standard InChI is InChI=1S/C18H17N3O2S/c22-18(13-5-2-1-3-6-13)21-9-8-14(12-21)17-19-16(20-23-17)11-15-7-4-10-24-15/h1-7,10,14H,8-9,11-12H2/t14-/m0/s1. The van der Waals surface area contributed by atoms with Gasteiger partial charge in [0.2, 0.25) is 5.89 Å². The molecule has 1 saturated heterocycles. The third-order valence-corrected chi connectivity index (χ3v) is 5.12. The van der Waals surface area contributed by atoms with Crippen molar-refractivity contribution in [1.82, 2.24) is 15.0 Å². The first-order valence-electron chi connectivity index (χ1n) is 7.99. The zero-order valence-electron chi connectivity index (χ0n) is 13.1. The van der Waals surface area contributed by atoms with Gasteiger partial charge in [-0.1, -0.05) is 29.4 Å². The number of carbonyl (C=O) groups is 1. The molecule has 1 atom stereocenters. The van der Waals surface area contributed by atoms with Crippen molar-refractivity contribution in [2.75, 3.05) is 13.1 Å². The van der Waals surface area contributed by atoms with E-state index in [-0.39, 0.29) is 11.8 Å². The van der Waals surface area contributed by atoms with Gasteiger partial charge in [-0.2, -0.15) is 4.98 Å². The molecule has 1 aromatic carbocycles.